The highest BCUT2D eigenvalue weighted by Gasteiger charge is 2.46. The Morgan fingerprint density at radius 3 is 1.84 bits per heavy atom. The van der Waals surface area contributed by atoms with Gasteiger partial charge in [0, 0.05) is 5.56 Å². The molecule has 1 atom stereocenters. The number of alkyl halides is 1. The lowest BCUT2D eigenvalue weighted by Crippen LogP contribution is -2.38. The lowest BCUT2D eigenvalue weighted by molar-refractivity contribution is -0.138. The van der Waals surface area contributed by atoms with Gasteiger partial charge in [-0.05, 0) is 5.56 Å². The van der Waals surface area contributed by atoms with Crippen LogP contribution >= 0.6 is 11.6 Å². The molecule has 0 radical (unpaired) electrons. The molecular formula is C15H11ClO3. The fourth-order valence-electron chi connectivity index (χ4n) is 1.81. The lowest BCUT2D eigenvalue weighted by Gasteiger charge is -2.21. The van der Waals surface area contributed by atoms with Crippen molar-refractivity contribution in [3.63, 3.8) is 0 Å². The van der Waals surface area contributed by atoms with Crippen LogP contribution in [0.2, 0.25) is 0 Å². The van der Waals surface area contributed by atoms with E-state index in [-0.39, 0.29) is 11.1 Å². The first-order valence-electron chi connectivity index (χ1n) is 5.64. The number of hydrogen-bond acceptors (Lipinski definition) is 2. The third-order valence-electron chi connectivity index (χ3n) is 2.82. The molecule has 0 fully saturated rings. The highest BCUT2D eigenvalue weighted by Crippen LogP contribution is 2.33. The summed E-state index contributed by atoms with van der Waals surface area (Å²) in [5, 5.41) is 9.36. The number of hydrogen-bond donors (Lipinski definition) is 1. The highest BCUT2D eigenvalue weighted by molar-refractivity contribution is 6.47. The summed E-state index contributed by atoms with van der Waals surface area (Å²) in [7, 11) is 0. The van der Waals surface area contributed by atoms with Gasteiger partial charge in [-0.2, -0.15) is 0 Å². The summed E-state index contributed by atoms with van der Waals surface area (Å²) in [5.74, 6) is -2.03. The Morgan fingerprint density at radius 2 is 1.37 bits per heavy atom. The minimum absolute atomic E-state index is 0.248. The fourth-order valence-corrected chi connectivity index (χ4v) is 2.04. The Hall–Kier alpha value is -2.13. The standard InChI is InChI=1S/C15H11ClO3/c16-15(14(18)19,12-9-5-2-6-10-12)13(17)11-7-3-1-4-8-11/h1-10H,(H,18,19). The van der Waals surface area contributed by atoms with E-state index in [1.54, 1.807) is 48.5 Å². The average Bonchev–Trinajstić information content (AvgIpc) is 2.47. The molecule has 0 amide bonds. The van der Waals surface area contributed by atoms with Crippen LogP contribution in [0, 0.1) is 0 Å². The van der Waals surface area contributed by atoms with Gasteiger partial charge in [-0.15, -0.1) is 0 Å². The molecule has 2 aromatic rings. The number of carboxylic acid groups (broad SMARTS) is 1. The number of carbonyl (C=O) groups excluding carboxylic acids is 1. The van der Waals surface area contributed by atoms with Crippen LogP contribution in [0.15, 0.2) is 60.7 Å². The number of halogens is 1. The van der Waals surface area contributed by atoms with E-state index in [1.807, 2.05) is 0 Å². The Balaban J connectivity index is 2.53. The molecule has 96 valence electrons. The average molecular weight is 275 g/mol. The molecule has 0 spiro atoms. The van der Waals surface area contributed by atoms with Crippen molar-refractivity contribution >= 4 is 23.4 Å². The molecule has 0 aromatic heterocycles. The smallest absolute Gasteiger partial charge is 0.337 e. The molecule has 1 unspecified atom stereocenters. The first kappa shape index (κ1) is 13.3. The third-order valence-corrected chi connectivity index (χ3v) is 3.37. The van der Waals surface area contributed by atoms with Gasteiger partial charge < -0.3 is 5.11 Å². The highest BCUT2D eigenvalue weighted by atomic mass is 35.5. The summed E-state index contributed by atoms with van der Waals surface area (Å²) >= 11 is 6.14. The van der Waals surface area contributed by atoms with E-state index >= 15 is 0 Å². The second kappa shape index (κ2) is 5.24. The predicted molar refractivity (Wildman–Crippen MR) is 72.4 cm³/mol. The topological polar surface area (TPSA) is 54.4 Å². The molecule has 0 aliphatic rings. The summed E-state index contributed by atoms with van der Waals surface area (Å²) in [5.41, 5.74) is 0.516. The molecule has 0 aliphatic heterocycles. The van der Waals surface area contributed by atoms with Crippen LogP contribution in [-0.4, -0.2) is 16.9 Å². The van der Waals surface area contributed by atoms with Crippen molar-refractivity contribution in [2.45, 2.75) is 4.87 Å². The van der Waals surface area contributed by atoms with E-state index in [2.05, 4.69) is 0 Å². The minimum Gasteiger partial charge on any atom is -0.479 e. The van der Waals surface area contributed by atoms with E-state index in [0.717, 1.165) is 0 Å². The van der Waals surface area contributed by atoms with Crippen molar-refractivity contribution in [2.24, 2.45) is 0 Å². The van der Waals surface area contributed by atoms with Crippen LogP contribution in [0.25, 0.3) is 0 Å². The SMILES string of the molecule is O=C(O)C(Cl)(C(=O)c1ccccc1)c1ccccc1. The van der Waals surface area contributed by atoms with Crippen LogP contribution in [0.4, 0.5) is 0 Å². The van der Waals surface area contributed by atoms with Crippen molar-refractivity contribution < 1.29 is 14.7 Å². The van der Waals surface area contributed by atoms with Gasteiger partial charge in [-0.25, -0.2) is 4.79 Å². The molecular weight excluding hydrogens is 264 g/mol. The van der Waals surface area contributed by atoms with Gasteiger partial charge in [0.1, 0.15) is 0 Å². The van der Waals surface area contributed by atoms with Crippen molar-refractivity contribution in [2.75, 3.05) is 0 Å². The normalized spacial score (nSPS) is 13.5. The van der Waals surface area contributed by atoms with E-state index in [0.29, 0.717) is 0 Å². The zero-order valence-electron chi connectivity index (χ0n) is 9.92. The van der Waals surface area contributed by atoms with Gasteiger partial charge in [-0.3, -0.25) is 4.79 Å². The van der Waals surface area contributed by atoms with E-state index in [4.69, 9.17) is 11.6 Å². The summed E-state index contributed by atoms with van der Waals surface area (Å²) < 4.78 is 0. The predicted octanol–water partition coefficient (Wildman–Crippen LogP) is 3.09. The second-order valence-corrected chi connectivity index (χ2v) is 4.59. The molecule has 19 heavy (non-hydrogen) atoms. The Bertz CT molecular complexity index is 595. The second-order valence-electron chi connectivity index (χ2n) is 4.02. The number of carbonyl (C=O) groups is 2. The molecule has 0 bridgehead atoms. The first-order chi connectivity index (χ1) is 9.06. The molecule has 4 heteroatoms. The number of carboxylic acids is 1. The monoisotopic (exact) mass is 274 g/mol. The molecule has 0 saturated carbocycles. The van der Waals surface area contributed by atoms with Crippen LogP contribution in [0.5, 0.6) is 0 Å². The Morgan fingerprint density at radius 1 is 0.895 bits per heavy atom. The molecule has 0 saturated heterocycles. The zero-order chi connectivity index (χ0) is 13.9. The maximum absolute atomic E-state index is 12.4. The van der Waals surface area contributed by atoms with Crippen molar-refractivity contribution in [3.05, 3.63) is 71.8 Å². The maximum atomic E-state index is 12.4. The third kappa shape index (κ3) is 2.37. The number of rotatable bonds is 4. The Labute approximate surface area is 115 Å². The number of Topliss-reactive ketones (excluding diaryl/α,β-unsaturated/α-hetero) is 1. The van der Waals surface area contributed by atoms with Gasteiger partial charge in [0.15, 0.2) is 5.78 Å². The molecule has 2 aromatic carbocycles. The van der Waals surface area contributed by atoms with Gasteiger partial charge in [0.25, 0.3) is 0 Å². The van der Waals surface area contributed by atoms with Crippen molar-refractivity contribution in [1.82, 2.24) is 0 Å². The molecule has 2 rings (SSSR count). The maximum Gasteiger partial charge on any atom is 0.337 e. The van der Waals surface area contributed by atoms with Gasteiger partial charge in [-0.1, -0.05) is 72.3 Å². The number of aliphatic carboxylic acids is 1. The fraction of sp³-hybridized carbons (Fsp3) is 0.0667. The van der Waals surface area contributed by atoms with Gasteiger partial charge >= 0.3 is 5.97 Å². The van der Waals surface area contributed by atoms with Gasteiger partial charge in [0.05, 0.1) is 0 Å². The molecule has 1 N–H and O–H groups in total. The first-order valence-corrected chi connectivity index (χ1v) is 6.02. The van der Waals surface area contributed by atoms with Crippen LogP contribution in [0.3, 0.4) is 0 Å². The van der Waals surface area contributed by atoms with Crippen LogP contribution in [-0.2, 0) is 9.67 Å². The lowest BCUT2D eigenvalue weighted by atomic mass is 9.90. The van der Waals surface area contributed by atoms with Crippen LogP contribution < -0.4 is 0 Å². The zero-order valence-corrected chi connectivity index (χ0v) is 10.7. The summed E-state index contributed by atoms with van der Waals surface area (Å²) in [6.07, 6.45) is 0. The molecule has 0 heterocycles. The molecule has 0 aliphatic carbocycles. The van der Waals surface area contributed by atoms with Crippen molar-refractivity contribution in [1.29, 1.82) is 0 Å². The summed E-state index contributed by atoms with van der Waals surface area (Å²) in [6, 6.07) is 16.3. The Kier molecular flexibility index (Phi) is 3.67. The van der Waals surface area contributed by atoms with E-state index < -0.39 is 16.6 Å². The van der Waals surface area contributed by atoms with Gasteiger partial charge in [0.2, 0.25) is 4.87 Å². The van der Waals surface area contributed by atoms with E-state index in [9.17, 15) is 14.7 Å². The molecule has 3 nitrogen and oxygen atoms in total. The summed E-state index contributed by atoms with van der Waals surface area (Å²) in [6.45, 7) is 0. The quantitative estimate of drug-likeness (QED) is 0.529. The minimum atomic E-state index is -2.09. The van der Waals surface area contributed by atoms with Crippen molar-refractivity contribution in [3.8, 4) is 0 Å². The van der Waals surface area contributed by atoms with E-state index in [1.165, 1.54) is 12.1 Å². The number of ketones is 1. The number of benzene rings is 2. The van der Waals surface area contributed by atoms with Crippen LogP contribution in [0.1, 0.15) is 15.9 Å². The summed E-state index contributed by atoms with van der Waals surface area (Å²) in [4.78, 5) is 21.8. The largest absolute Gasteiger partial charge is 0.479 e.